The van der Waals surface area contributed by atoms with E-state index in [0.29, 0.717) is 11.6 Å². The van der Waals surface area contributed by atoms with Crippen LogP contribution in [0.1, 0.15) is 11.1 Å². The van der Waals surface area contributed by atoms with Gasteiger partial charge in [0.05, 0.1) is 5.69 Å². The first kappa shape index (κ1) is 18.2. The first-order valence-corrected chi connectivity index (χ1v) is 9.52. The van der Waals surface area contributed by atoms with E-state index in [2.05, 4.69) is 51.1 Å². The first-order valence-electron chi connectivity index (χ1n) is 9.52. The maximum Gasteiger partial charge on any atom is 0.229 e. The van der Waals surface area contributed by atoms with Gasteiger partial charge in [0, 0.05) is 38.1 Å². The van der Waals surface area contributed by atoms with E-state index in [1.165, 1.54) is 17.2 Å². The molecule has 2 aromatic carbocycles. The molecule has 0 atom stereocenters. The second-order valence-electron chi connectivity index (χ2n) is 7.09. The van der Waals surface area contributed by atoms with Gasteiger partial charge in [-0.15, -0.1) is 0 Å². The molecule has 0 spiro atoms. The van der Waals surface area contributed by atoms with Crippen LogP contribution in [0.15, 0.2) is 54.7 Å². The fourth-order valence-electron chi connectivity index (χ4n) is 3.42. The number of hydrogen-bond acceptors (Lipinski definition) is 5. The Hall–Kier alpha value is -3.15. The predicted molar refractivity (Wildman–Crippen MR) is 112 cm³/mol. The number of halogens is 1. The summed E-state index contributed by atoms with van der Waals surface area (Å²) >= 11 is 0. The average Bonchev–Trinajstić information content (AvgIpc) is 2.72. The Morgan fingerprint density at radius 2 is 1.64 bits per heavy atom. The Labute approximate surface area is 164 Å². The van der Waals surface area contributed by atoms with Crippen LogP contribution in [0.2, 0.25) is 0 Å². The zero-order chi connectivity index (χ0) is 19.5. The van der Waals surface area contributed by atoms with Crippen molar-refractivity contribution in [3.63, 3.8) is 0 Å². The summed E-state index contributed by atoms with van der Waals surface area (Å²) in [5, 5.41) is 3.28. The average molecular weight is 377 g/mol. The first-order chi connectivity index (χ1) is 13.6. The molecule has 1 aromatic heterocycles. The van der Waals surface area contributed by atoms with Gasteiger partial charge in [-0.25, -0.2) is 9.37 Å². The van der Waals surface area contributed by atoms with Gasteiger partial charge in [-0.05, 0) is 55.3 Å². The zero-order valence-electron chi connectivity index (χ0n) is 16.2. The SMILES string of the molecule is Cc1ccc(Nc2nccc(N3CCN(c4ccccc4F)CC3)n2)cc1C. The van der Waals surface area contributed by atoms with E-state index in [1.807, 2.05) is 24.3 Å². The molecule has 0 bridgehead atoms. The van der Waals surface area contributed by atoms with Crippen LogP contribution in [0.25, 0.3) is 0 Å². The van der Waals surface area contributed by atoms with Gasteiger partial charge in [0.2, 0.25) is 5.95 Å². The number of nitrogens with one attached hydrogen (secondary N) is 1. The Balaban J connectivity index is 1.44. The molecule has 3 aromatic rings. The maximum absolute atomic E-state index is 14.0. The number of nitrogens with zero attached hydrogens (tertiary/aromatic N) is 4. The lowest BCUT2D eigenvalue weighted by Crippen LogP contribution is -2.47. The van der Waals surface area contributed by atoms with Crippen molar-refractivity contribution in [1.29, 1.82) is 0 Å². The summed E-state index contributed by atoms with van der Waals surface area (Å²) in [5.41, 5.74) is 4.13. The highest BCUT2D eigenvalue weighted by Gasteiger charge is 2.20. The summed E-state index contributed by atoms with van der Waals surface area (Å²) in [6, 6.07) is 15.1. The molecular formula is C22H24FN5. The molecule has 0 unspecified atom stereocenters. The standard InChI is InChI=1S/C22H24FN5/c1-16-7-8-18(15-17(16)2)25-22-24-10-9-21(26-22)28-13-11-27(12-14-28)20-6-4-3-5-19(20)23/h3-10,15H,11-14H2,1-2H3,(H,24,25,26). The van der Waals surface area contributed by atoms with Crippen LogP contribution in [0.5, 0.6) is 0 Å². The van der Waals surface area contributed by atoms with Crippen molar-refractivity contribution in [2.45, 2.75) is 13.8 Å². The molecular weight excluding hydrogens is 353 g/mol. The second-order valence-corrected chi connectivity index (χ2v) is 7.09. The van der Waals surface area contributed by atoms with Crippen molar-refractivity contribution in [3.8, 4) is 0 Å². The highest BCUT2D eigenvalue weighted by molar-refractivity contribution is 5.57. The Morgan fingerprint density at radius 1 is 0.893 bits per heavy atom. The molecule has 0 amide bonds. The molecule has 1 fully saturated rings. The summed E-state index contributed by atoms with van der Waals surface area (Å²) in [6.07, 6.45) is 1.77. The van der Waals surface area contributed by atoms with E-state index < -0.39 is 0 Å². The minimum Gasteiger partial charge on any atom is -0.366 e. The van der Waals surface area contributed by atoms with Crippen LogP contribution >= 0.6 is 0 Å². The van der Waals surface area contributed by atoms with Crippen molar-refractivity contribution in [2.75, 3.05) is 41.3 Å². The van der Waals surface area contributed by atoms with Crippen molar-refractivity contribution >= 4 is 23.1 Å². The van der Waals surface area contributed by atoms with Crippen LogP contribution < -0.4 is 15.1 Å². The molecule has 6 heteroatoms. The number of aromatic nitrogens is 2. The van der Waals surface area contributed by atoms with Gasteiger partial charge < -0.3 is 15.1 Å². The molecule has 0 aliphatic carbocycles. The van der Waals surface area contributed by atoms with Crippen LogP contribution in [-0.2, 0) is 0 Å². The maximum atomic E-state index is 14.0. The van der Waals surface area contributed by atoms with Gasteiger partial charge in [0.25, 0.3) is 0 Å². The fraction of sp³-hybridized carbons (Fsp3) is 0.273. The van der Waals surface area contributed by atoms with Crippen molar-refractivity contribution in [1.82, 2.24) is 9.97 Å². The number of para-hydroxylation sites is 1. The minimum absolute atomic E-state index is 0.169. The molecule has 5 nitrogen and oxygen atoms in total. The highest BCUT2D eigenvalue weighted by atomic mass is 19.1. The van der Waals surface area contributed by atoms with E-state index >= 15 is 0 Å². The van der Waals surface area contributed by atoms with Crippen LogP contribution in [0.4, 0.5) is 27.5 Å². The third-order valence-corrected chi connectivity index (χ3v) is 5.20. The third kappa shape index (κ3) is 3.91. The quantitative estimate of drug-likeness (QED) is 0.734. The number of anilines is 4. The second kappa shape index (κ2) is 7.84. The molecule has 4 rings (SSSR count). The van der Waals surface area contributed by atoms with E-state index in [0.717, 1.165) is 37.7 Å². The van der Waals surface area contributed by atoms with Gasteiger partial charge in [-0.2, -0.15) is 4.98 Å². The van der Waals surface area contributed by atoms with Gasteiger partial charge in [0.15, 0.2) is 0 Å². The van der Waals surface area contributed by atoms with E-state index in [1.54, 1.807) is 12.3 Å². The van der Waals surface area contributed by atoms with Crippen LogP contribution in [-0.4, -0.2) is 36.1 Å². The number of rotatable bonds is 4. The molecule has 1 saturated heterocycles. The Morgan fingerprint density at radius 3 is 2.39 bits per heavy atom. The molecule has 0 radical (unpaired) electrons. The molecule has 2 heterocycles. The lowest BCUT2D eigenvalue weighted by atomic mass is 10.1. The molecule has 144 valence electrons. The number of piperazine rings is 1. The number of aryl methyl sites for hydroxylation is 2. The zero-order valence-corrected chi connectivity index (χ0v) is 16.2. The monoisotopic (exact) mass is 377 g/mol. The summed E-state index contributed by atoms with van der Waals surface area (Å²) in [5.74, 6) is 1.30. The van der Waals surface area contributed by atoms with Gasteiger partial charge in [-0.1, -0.05) is 18.2 Å². The largest absolute Gasteiger partial charge is 0.366 e. The van der Waals surface area contributed by atoms with Gasteiger partial charge >= 0.3 is 0 Å². The highest BCUT2D eigenvalue weighted by Crippen LogP contribution is 2.23. The van der Waals surface area contributed by atoms with E-state index in [9.17, 15) is 4.39 Å². The smallest absolute Gasteiger partial charge is 0.229 e. The topological polar surface area (TPSA) is 44.3 Å². The van der Waals surface area contributed by atoms with Gasteiger partial charge in [0.1, 0.15) is 11.6 Å². The molecule has 28 heavy (non-hydrogen) atoms. The Bertz CT molecular complexity index is 967. The summed E-state index contributed by atoms with van der Waals surface area (Å²) in [7, 11) is 0. The lowest BCUT2D eigenvalue weighted by Gasteiger charge is -2.36. The van der Waals surface area contributed by atoms with Crippen LogP contribution in [0, 0.1) is 19.7 Å². The molecule has 1 aliphatic heterocycles. The fourth-order valence-corrected chi connectivity index (χ4v) is 3.42. The third-order valence-electron chi connectivity index (χ3n) is 5.20. The van der Waals surface area contributed by atoms with E-state index in [4.69, 9.17) is 0 Å². The summed E-state index contributed by atoms with van der Waals surface area (Å²) < 4.78 is 14.0. The molecule has 1 aliphatic rings. The molecule has 1 N–H and O–H groups in total. The van der Waals surface area contributed by atoms with Crippen molar-refractivity contribution in [3.05, 3.63) is 71.7 Å². The molecule has 0 saturated carbocycles. The van der Waals surface area contributed by atoms with Crippen molar-refractivity contribution in [2.24, 2.45) is 0 Å². The minimum atomic E-state index is -0.169. The lowest BCUT2D eigenvalue weighted by molar-refractivity contribution is 0.596. The number of benzene rings is 2. The Kier molecular flexibility index (Phi) is 5.10. The van der Waals surface area contributed by atoms with E-state index in [-0.39, 0.29) is 5.82 Å². The number of hydrogen-bond donors (Lipinski definition) is 1. The van der Waals surface area contributed by atoms with Crippen LogP contribution in [0.3, 0.4) is 0 Å². The predicted octanol–water partition coefficient (Wildman–Crippen LogP) is 4.30. The van der Waals surface area contributed by atoms with Crippen molar-refractivity contribution < 1.29 is 4.39 Å². The summed E-state index contributed by atoms with van der Waals surface area (Å²) in [4.78, 5) is 13.3. The normalized spacial score (nSPS) is 14.2. The summed E-state index contributed by atoms with van der Waals surface area (Å²) in [6.45, 7) is 7.27. The van der Waals surface area contributed by atoms with Gasteiger partial charge in [-0.3, -0.25) is 0 Å².